The summed E-state index contributed by atoms with van der Waals surface area (Å²) in [6, 6.07) is 0. The van der Waals surface area contributed by atoms with Crippen molar-refractivity contribution in [3.8, 4) is 0 Å². The molecule has 9 heteroatoms. The predicted molar refractivity (Wildman–Crippen MR) is 66.9 cm³/mol. The summed E-state index contributed by atoms with van der Waals surface area (Å²) in [6.45, 7) is 2.44. The zero-order chi connectivity index (χ0) is 13.1. The van der Waals surface area contributed by atoms with Crippen molar-refractivity contribution in [3.63, 3.8) is 0 Å². The van der Waals surface area contributed by atoms with Gasteiger partial charge in [0.2, 0.25) is 12.3 Å². The number of hydrogen-bond acceptors (Lipinski definition) is 6. The third-order valence-corrected chi connectivity index (χ3v) is 2.79. The Kier molecular flexibility index (Phi) is 3.69. The molecule has 1 atom stereocenters. The summed E-state index contributed by atoms with van der Waals surface area (Å²) in [6.07, 6.45) is 1.72. The Labute approximate surface area is 103 Å². The van der Waals surface area contributed by atoms with E-state index < -0.39 is 7.80 Å². The fraction of sp³-hybridized carbons (Fsp3) is 0.444. The second-order valence-electron chi connectivity index (χ2n) is 3.73. The van der Waals surface area contributed by atoms with E-state index in [0.29, 0.717) is 18.8 Å². The van der Waals surface area contributed by atoms with Crippen LogP contribution in [0.2, 0.25) is 0 Å². The van der Waals surface area contributed by atoms with Crippen LogP contribution < -0.4 is 11.3 Å². The summed E-state index contributed by atoms with van der Waals surface area (Å²) in [4.78, 5) is 21.9. The van der Waals surface area contributed by atoms with Gasteiger partial charge < -0.3 is 15.0 Å². The Bertz CT molecular complexity index is 635. The van der Waals surface area contributed by atoms with Crippen molar-refractivity contribution >= 4 is 24.9 Å². The van der Waals surface area contributed by atoms with Gasteiger partial charge >= 0.3 is 7.80 Å². The maximum atomic E-state index is 11.5. The number of hydrogen-bond donors (Lipinski definition) is 2. The van der Waals surface area contributed by atoms with Crippen molar-refractivity contribution in [1.82, 2.24) is 19.5 Å². The molecule has 0 aromatic carbocycles. The molecule has 2 aromatic heterocycles. The first-order valence-corrected chi connectivity index (χ1v) is 7.14. The van der Waals surface area contributed by atoms with Gasteiger partial charge in [0.1, 0.15) is 6.66 Å². The van der Waals surface area contributed by atoms with Crippen LogP contribution in [-0.2, 0) is 15.8 Å². The molecule has 96 valence electrons. The van der Waals surface area contributed by atoms with Gasteiger partial charge in [-0.1, -0.05) is 4.57 Å². The molecule has 0 fully saturated rings. The number of anilines is 1. The van der Waals surface area contributed by atoms with Crippen molar-refractivity contribution in [2.75, 3.05) is 25.4 Å². The molecule has 0 aliphatic heterocycles. The number of nitrogen functional groups attached to an aromatic ring is 1. The Morgan fingerprint density at radius 1 is 1.61 bits per heavy atom. The molecule has 0 amide bonds. The number of nitrogens with two attached hydrogens (primary N) is 1. The van der Waals surface area contributed by atoms with Gasteiger partial charge in [0.15, 0.2) is 11.2 Å². The molecule has 0 radical (unpaired) electrons. The van der Waals surface area contributed by atoms with Crippen LogP contribution in [0.5, 0.6) is 0 Å². The Morgan fingerprint density at radius 3 is 3.11 bits per heavy atom. The van der Waals surface area contributed by atoms with Crippen LogP contribution in [0.15, 0.2) is 11.1 Å². The summed E-state index contributed by atoms with van der Waals surface area (Å²) < 4.78 is 17.7. The standard InChI is InChI=1S/C9H12N5O3P/c1-18(16)5-17-3-2-14-4-11-6-7(14)12-9(10)13-8(6)15/h4H,2-3,5H2,1H3,(H2-,10,12,13,15)/p+1. The molecule has 0 saturated heterocycles. The molecule has 2 heterocycles. The van der Waals surface area contributed by atoms with Crippen LogP contribution in [0, 0.1) is 0 Å². The number of nitrogens with one attached hydrogen (secondary N) is 1. The van der Waals surface area contributed by atoms with Crippen molar-refractivity contribution in [2.45, 2.75) is 6.54 Å². The highest BCUT2D eigenvalue weighted by Crippen LogP contribution is 2.12. The number of nitrogens with zero attached hydrogens (tertiary/aromatic N) is 3. The van der Waals surface area contributed by atoms with Gasteiger partial charge in [-0.2, -0.15) is 4.98 Å². The second-order valence-corrected chi connectivity index (χ2v) is 5.24. The van der Waals surface area contributed by atoms with E-state index in [9.17, 15) is 9.36 Å². The molecular formula is C9H13N5O3P+. The minimum atomic E-state index is -1.30. The lowest BCUT2D eigenvalue weighted by Gasteiger charge is -2.02. The number of fused-ring (bicyclic) bond motifs is 1. The van der Waals surface area contributed by atoms with Crippen LogP contribution in [0.3, 0.4) is 0 Å². The van der Waals surface area contributed by atoms with Gasteiger partial charge in [-0.05, 0) is 0 Å². The average Bonchev–Trinajstić information content (AvgIpc) is 2.67. The van der Waals surface area contributed by atoms with Crippen LogP contribution in [0.4, 0.5) is 5.95 Å². The van der Waals surface area contributed by atoms with Gasteiger partial charge in [-0.3, -0.25) is 9.78 Å². The normalized spacial score (nSPS) is 11.9. The number of ether oxygens (including phenoxy) is 1. The monoisotopic (exact) mass is 270 g/mol. The molecule has 18 heavy (non-hydrogen) atoms. The van der Waals surface area contributed by atoms with E-state index in [1.54, 1.807) is 11.2 Å². The molecule has 2 rings (SSSR count). The SMILES string of the molecule is C[P+](=O)COCCn1cnc2c(=O)[nH]c(N)nc21. The summed E-state index contributed by atoms with van der Waals surface area (Å²) in [5, 5.41) is 0. The molecule has 8 nitrogen and oxygen atoms in total. The summed E-state index contributed by atoms with van der Waals surface area (Å²) in [7, 11) is -1.30. The first-order valence-electron chi connectivity index (χ1n) is 5.24. The van der Waals surface area contributed by atoms with Crippen LogP contribution in [-0.4, -0.2) is 39.1 Å². The van der Waals surface area contributed by atoms with Crippen molar-refractivity contribution < 1.29 is 9.30 Å². The topological polar surface area (TPSA) is 116 Å². The smallest absolute Gasteiger partial charge is 0.363 e. The Hall–Kier alpha value is -1.79. The zero-order valence-electron chi connectivity index (χ0n) is 9.79. The molecule has 0 saturated carbocycles. The lowest BCUT2D eigenvalue weighted by atomic mass is 10.5. The maximum absolute atomic E-state index is 11.5. The van der Waals surface area contributed by atoms with Gasteiger partial charge in [-0.25, -0.2) is 4.98 Å². The lowest BCUT2D eigenvalue weighted by Crippen LogP contribution is -2.13. The average molecular weight is 270 g/mol. The molecule has 0 spiro atoms. The van der Waals surface area contributed by atoms with E-state index in [-0.39, 0.29) is 23.4 Å². The number of imidazole rings is 1. The zero-order valence-corrected chi connectivity index (χ0v) is 10.7. The quantitative estimate of drug-likeness (QED) is 0.589. The van der Waals surface area contributed by atoms with Crippen LogP contribution in [0.25, 0.3) is 11.2 Å². The van der Waals surface area contributed by atoms with E-state index in [1.165, 1.54) is 6.33 Å². The number of aromatic nitrogens is 4. The van der Waals surface area contributed by atoms with Gasteiger partial charge in [0.25, 0.3) is 5.56 Å². The molecule has 0 aliphatic carbocycles. The van der Waals surface area contributed by atoms with Crippen molar-refractivity contribution in [3.05, 3.63) is 16.7 Å². The largest absolute Gasteiger partial charge is 0.369 e. The third kappa shape index (κ3) is 2.72. The highest BCUT2D eigenvalue weighted by atomic mass is 31.1. The minimum Gasteiger partial charge on any atom is -0.369 e. The predicted octanol–water partition coefficient (Wildman–Crippen LogP) is 0.133. The van der Waals surface area contributed by atoms with Crippen LogP contribution in [0.1, 0.15) is 0 Å². The first kappa shape index (κ1) is 12.7. The van der Waals surface area contributed by atoms with Gasteiger partial charge in [0, 0.05) is 6.54 Å². The fourth-order valence-corrected chi connectivity index (χ4v) is 1.88. The highest BCUT2D eigenvalue weighted by Gasteiger charge is 2.10. The second kappa shape index (κ2) is 5.24. The molecular weight excluding hydrogens is 257 g/mol. The van der Waals surface area contributed by atoms with E-state index in [4.69, 9.17) is 10.5 Å². The minimum absolute atomic E-state index is 0.0480. The third-order valence-electron chi connectivity index (χ3n) is 2.24. The van der Waals surface area contributed by atoms with E-state index in [2.05, 4.69) is 15.0 Å². The van der Waals surface area contributed by atoms with Crippen molar-refractivity contribution in [1.29, 1.82) is 0 Å². The number of H-pyrrole nitrogens is 1. The summed E-state index contributed by atoms with van der Waals surface area (Å²) in [5.74, 6) is 0.0480. The van der Waals surface area contributed by atoms with Gasteiger partial charge in [0.05, 0.1) is 12.9 Å². The van der Waals surface area contributed by atoms with Gasteiger partial charge in [-0.15, -0.1) is 0 Å². The molecule has 2 aromatic rings. The Morgan fingerprint density at radius 2 is 2.39 bits per heavy atom. The molecule has 0 bridgehead atoms. The maximum Gasteiger partial charge on any atom is 0.363 e. The fourth-order valence-electron chi connectivity index (χ4n) is 1.49. The van der Waals surface area contributed by atoms with E-state index in [0.717, 1.165) is 0 Å². The first-order chi connectivity index (χ1) is 8.58. The number of aromatic amines is 1. The summed E-state index contributed by atoms with van der Waals surface area (Å²) >= 11 is 0. The van der Waals surface area contributed by atoms with Crippen molar-refractivity contribution in [2.24, 2.45) is 0 Å². The van der Waals surface area contributed by atoms with E-state index in [1.807, 2.05) is 0 Å². The number of rotatable bonds is 5. The molecule has 1 unspecified atom stereocenters. The van der Waals surface area contributed by atoms with Crippen LogP contribution >= 0.6 is 7.80 Å². The summed E-state index contributed by atoms with van der Waals surface area (Å²) in [5.41, 5.74) is 5.76. The highest BCUT2D eigenvalue weighted by molar-refractivity contribution is 7.43. The molecule has 3 N–H and O–H groups in total. The molecule has 0 aliphatic rings. The Balaban J connectivity index is 2.14. The lowest BCUT2D eigenvalue weighted by molar-refractivity contribution is 0.168. The van der Waals surface area contributed by atoms with E-state index >= 15 is 0 Å².